The lowest BCUT2D eigenvalue weighted by molar-refractivity contribution is -0.138. The number of carboxylic acids is 1. The Bertz CT molecular complexity index is 336. The predicted octanol–water partition coefficient (Wildman–Crippen LogP) is 1.90. The van der Waals surface area contributed by atoms with Crippen LogP contribution in [0.3, 0.4) is 0 Å². The molecule has 0 bridgehead atoms. The van der Waals surface area contributed by atoms with E-state index in [9.17, 15) is 4.79 Å². The van der Waals surface area contributed by atoms with Crippen molar-refractivity contribution in [2.45, 2.75) is 19.9 Å². The van der Waals surface area contributed by atoms with Gasteiger partial charge in [0.25, 0.3) is 0 Å². The minimum Gasteiger partial charge on any atom is -0.480 e. The van der Waals surface area contributed by atoms with Crippen molar-refractivity contribution in [3.8, 4) is 0 Å². The summed E-state index contributed by atoms with van der Waals surface area (Å²) in [4.78, 5) is 12.5. The lowest BCUT2D eigenvalue weighted by atomic mass is 10.2. The Kier molecular flexibility index (Phi) is 3.12. The first-order valence-corrected chi connectivity index (χ1v) is 4.54. The number of anilines is 1. The Balaban J connectivity index is 2.89. The van der Waals surface area contributed by atoms with E-state index >= 15 is 0 Å². The Morgan fingerprint density at radius 2 is 2.14 bits per heavy atom. The third-order valence-electron chi connectivity index (χ3n) is 2.35. The van der Waals surface area contributed by atoms with Crippen LogP contribution in [0.4, 0.5) is 5.69 Å². The Morgan fingerprint density at radius 1 is 1.50 bits per heavy atom. The molecule has 14 heavy (non-hydrogen) atoms. The van der Waals surface area contributed by atoms with Crippen molar-refractivity contribution in [3.63, 3.8) is 0 Å². The van der Waals surface area contributed by atoms with Gasteiger partial charge in [0.15, 0.2) is 0 Å². The van der Waals surface area contributed by atoms with E-state index in [1.165, 1.54) is 0 Å². The lowest BCUT2D eigenvalue weighted by Gasteiger charge is -2.23. The van der Waals surface area contributed by atoms with Gasteiger partial charge < -0.3 is 10.0 Å². The largest absolute Gasteiger partial charge is 0.480 e. The van der Waals surface area contributed by atoms with Crippen molar-refractivity contribution in [2.75, 3.05) is 11.9 Å². The van der Waals surface area contributed by atoms with Gasteiger partial charge in [-0.1, -0.05) is 12.1 Å². The molecule has 76 valence electrons. The zero-order valence-electron chi connectivity index (χ0n) is 8.69. The van der Waals surface area contributed by atoms with Crippen LogP contribution < -0.4 is 4.90 Å². The summed E-state index contributed by atoms with van der Waals surface area (Å²) >= 11 is 0. The monoisotopic (exact) mass is 193 g/mol. The van der Waals surface area contributed by atoms with E-state index in [0.29, 0.717) is 0 Å². The Hall–Kier alpha value is -1.51. The summed E-state index contributed by atoms with van der Waals surface area (Å²) in [6.45, 7) is 3.66. The normalized spacial score (nSPS) is 12.2. The molecule has 0 radical (unpaired) electrons. The number of aliphatic carboxylic acids is 1. The molecule has 0 saturated carbocycles. The topological polar surface area (TPSA) is 40.5 Å². The molecule has 0 heterocycles. The zero-order chi connectivity index (χ0) is 10.7. The van der Waals surface area contributed by atoms with E-state index in [2.05, 4.69) is 0 Å². The van der Waals surface area contributed by atoms with E-state index in [-0.39, 0.29) is 0 Å². The first kappa shape index (κ1) is 10.6. The lowest BCUT2D eigenvalue weighted by Crippen LogP contribution is -2.35. The molecule has 3 nitrogen and oxygen atoms in total. The van der Waals surface area contributed by atoms with E-state index in [1.807, 2.05) is 31.2 Å². The first-order chi connectivity index (χ1) is 6.52. The van der Waals surface area contributed by atoms with E-state index in [4.69, 9.17) is 5.11 Å². The molecule has 0 saturated heterocycles. The van der Waals surface area contributed by atoms with Crippen molar-refractivity contribution < 1.29 is 9.90 Å². The van der Waals surface area contributed by atoms with Gasteiger partial charge in [-0.2, -0.15) is 0 Å². The van der Waals surface area contributed by atoms with Crippen LogP contribution in [0, 0.1) is 6.92 Å². The molecule has 0 aliphatic rings. The number of benzene rings is 1. The summed E-state index contributed by atoms with van der Waals surface area (Å²) in [7, 11) is 1.79. The van der Waals surface area contributed by atoms with Gasteiger partial charge in [0.05, 0.1) is 0 Å². The molecule has 0 aromatic heterocycles. The van der Waals surface area contributed by atoms with Gasteiger partial charge in [-0.05, 0) is 31.5 Å². The number of nitrogens with zero attached hydrogens (tertiary/aromatic N) is 1. The summed E-state index contributed by atoms with van der Waals surface area (Å²) in [5.74, 6) is -0.811. The van der Waals surface area contributed by atoms with Crippen LogP contribution in [0.25, 0.3) is 0 Å². The third-order valence-corrected chi connectivity index (χ3v) is 2.35. The third kappa shape index (κ3) is 2.25. The van der Waals surface area contributed by atoms with Crippen molar-refractivity contribution >= 4 is 11.7 Å². The predicted molar refractivity (Wildman–Crippen MR) is 56.7 cm³/mol. The minimum atomic E-state index is -0.811. The maximum Gasteiger partial charge on any atom is 0.326 e. The molecule has 1 aromatic rings. The van der Waals surface area contributed by atoms with Gasteiger partial charge in [0.1, 0.15) is 6.04 Å². The van der Waals surface area contributed by atoms with Crippen LogP contribution in [-0.4, -0.2) is 24.2 Å². The molecule has 1 N–H and O–H groups in total. The summed E-state index contributed by atoms with van der Waals surface area (Å²) < 4.78 is 0. The second-order valence-electron chi connectivity index (χ2n) is 3.46. The highest BCUT2D eigenvalue weighted by Gasteiger charge is 2.16. The second kappa shape index (κ2) is 4.13. The highest BCUT2D eigenvalue weighted by Crippen LogP contribution is 2.16. The number of carboxylic acid groups (broad SMARTS) is 1. The maximum absolute atomic E-state index is 10.8. The molecule has 0 aliphatic carbocycles. The molecule has 1 rings (SSSR count). The molecule has 1 aromatic carbocycles. The van der Waals surface area contributed by atoms with E-state index in [0.717, 1.165) is 11.3 Å². The summed E-state index contributed by atoms with van der Waals surface area (Å²) in [5, 5.41) is 8.84. The highest BCUT2D eigenvalue weighted by molar-refractivity contribution is 5.77. The fourth-order valence-electron chi connectivity index (χ4n) is 1.24. The number of rotatable bonds is 3. The average molecular weight is 193 g/mol. The summed E-state index contributed by atoms with van der Waals surface area (Å²) in [5.41, 5.74) is 2.06. The minimum absolute atomic E-state index is 0.503. The van der Waals surface area contributed by atoms with Crippen LogP contribution in [-0.2, 0) is 4.79 Å². The van der Waals surface area contributed by atoms with Crippen molar-refractivity contribution in [1.82, 2.24) is 0 Å². The Morgan fingerprint density at radius 3 is 2.64 bits per heavy atom. The number of likely N-dealkylation sites (N-methyl/N-ethyl adjacent to an activating group) is 1. The molecule has 3 heteroatoms. The van der Waals surface area contributed by atoms with Crippen molar-refractivity contribution in [1.29, 1.82) is 0 Å². The second-order valence-corrected chi connectivity index (χ2v) is 3.46. The smallest absolute Gasteiger partial charge is 0.326 e. The SMILES string of the molecule is Cc1cccc(N(C)[C@@H](C)C(=O)O)c1. The number of hydrogen-bond donors (Lipinski definition) is 1. The summed E-state index contributed by atoms with van der Waals surface area (Å²) in [6, 6.07) is 7.29. The zero-order valence-corrected chi connectivity index (χ0v) is 8.69. The van der Waals surface area contributed by atoms with Crippen molar-refractivity contribution in [3.05, 3.63) is 29.8 Å². The van der Waals surface area contributed by atoms with E-state index in [1.54, 1.807) is 18.9 Å². The van der Waals surface area contributed by atoms with Gasteiger partial charge >= 0.3 is 5.97 Å². The maximum atomic E-state index is 10.8. The Labute approximate surface area is 84.0 Å². The fraction of sp³-hybridized carbons (Fsp3) is 0.364. The van der Waals surface area contributed by atoms with Gasteiger partial charge in [0, 0.05) is 12.7 Å². The van der Waals surface area contributed by atoms with Crippen molar-refractivity contribution in [2.24, 2.45) is 0 Å². The van der Waals surface area contributed by atoms with Crippen LogP contribution in [0.15, 0.2) is 24.3 Å². The molecule has 0 spiro atoms. The van der Waals surface area contributed by atoms with Crippen LogP contribution in [0.2, 0.25) is 0 Å². The number of carbonyl (C=O) groups is 1. The van der Waals surface area contributed by atoms with Gasteiger partial charge in [0.2, 0.25) is 0 Å². The quantitative estimate of drug-likeness (QED) is 0.797. The van der Waals surface area contributed by atoms with E-state index < -0.39 is 12.0 Å². The fourth-order valence-corrected chi connectivity index (χ4v) is 1.24. The molecule has 0 unspecified atom stereocenters. The standard InChI is InChI=1S/C11H15NO2/c1-8-5-4-6-10(7-8)12(3)9(2)11(13)14/h4-7,9H,1-3H3,(H,13,14)/t9-/m0/s1. The molecule has 1 atom stereocenters. The molecule has 0 aliphatic heterocycles. The molecule has 0 fully saturated rings. The van der Waals surface area contributed by atoms with Gasteiger partial charge in [-0.3, -0.25) is 0 Å². The molecular weight excluding hydrogens is 178 g/mol. The van der Waals surface area contributed by atoms with Crippen LogP contribution in [0.1, 0.15) is 12.5 Å². The highest BCUT2D eigenvalue weighted by atomic mass is 16.4. The summed E-state index contributed by atoms with van der Waals surface area (Å²) in [6.07, 6.45) is 0. The average Bonchev–Trinajstić information content (AvgIpc) is 2.15. The molecular formula is C11H15NO2. The van der Waals surface area contributed by atoms with Gasteiger partial charge in [-0.25, -0.2) is 4.79 Å². The van der Waals surface area contributed by atoms with Gasteiger partial charge in [-0.15, -0.1) is 0 Å². The number of hydrogen-bond acceptors (Lipinski definition) is 2. The number of aryl methyl sites for hydroxylation is 1. The van der Waals surface area contributed by atoms with Crippen LogP contribution in [0.5, 0.6) is 0 Å². The molecule has 0 amide bonds. The first-order valence-electron chi connectivity index (χ1n) is 4.54. The van der Waals surface area contributed by atoms with Crippen LogP contribution >= 0.6 is 0 Å².